The minimum Gasteiger partial charge on any atom is -0.461 e. The number of nitrogens with one attached hydrogen (secondary N) is 1. The van der Waals surface area contributed by atoms with E-state index in [1.54, 1.807) is 18.4 Å². The van der Waals surface area contributed by atoms with E-state index >= 15 is 0 Å². The van der Waals surface area contributed by atoms with Crippen LogP contribution in [0.2, 0.25) is 0 Å². The number of hydrogen-bond acceptors (Lipinski definition) is 6. The summed E-state index contributed by atoms with van der Waals surface area (Å²) in [6, 6.07) is 9.33. The zero-order valence-corrected chi connectivity index (χ0v) is 14.6. The van der Waals surface area contributed by atoms with Crippen molar-refractivity contribution in [1.82, 2.24) is 15.0 Å². The Morgan fingerprint density at radius 1 is 1.23 bits per heavy atom. The van der Waals surface area contributed by atoms with Gasteiger partial charge < -0.3 is 19.2 Å². The summed E-state index contributed by atoms with van der Waals surface area (Å²) in [5.74, 6) is 1.47. The van der Waals surface area contributed by atoms with Gasteiger partial charge in [0.1, 0.15) is 0 Å². The topological polar surface area (TPSA) is 84.4 Å². The minimum absolute atomic E-state index is 0.0740. The molecule has 1 amide bonds. The second kappa shape index (κ2) is 7.03. The van der Waals surface area contributed by atoms with E-state index in [1.807, 2.05) is 30.0 Å². The molecule has 0 aliphatic carbocycles. The van der Waals surface area contributed by atoms with E-state index in [4.69, 9.17) is 8.94 Å². The number of carbonyl (C=O) groups is 1. The van der Waals surface area contributed by atoms with Crippen LogP contribution in [0.25, 0.3) is 11.6 Å². The Labute approximate surface area is 151 Å². The Morgan fingerprint density at radius 2 is 2.08 bits per heavy atom. The van der Waals surface area contributed by atoms with Crippen molar-refractivity contribution < 1.29 is 13.7 Å². The van der Waals surface area contributed by atoms with Gasteiger partial charge in [-0.3, -0.25) is 4.79 Å². The molecular formula is C19H20N4O3. The molecule has 0 bridgehead atoms. The van der Waals surface area contributed by atoms with Crippen LogP contribution in [0.3, 0.4) is 0 Å². The van der Waals surface area contributed by atoms with E-state index in [1.165, 1.54) is 0 Å². The first-order valence-electron chi connectivity index (χ1n) is 8.71. The first-order valence-corrected chi connectivity index (χ1v) is 8.71. The molecule has 26 heavy (non-hydrogen) atoms. The molecule has 0 atom stereocenters. The normalized spacial score (nSPS) is 14.0. The molecule has 1 aromatic carbocycles. The van der Waals surface area contributed by atoms with Gasteiger partial charge in [0, 0.05) is 18.8 Å². The lowest BCUT2D eigenvalue weighted by Gasteiger charge is -2.19. The minimum atomic E-state index is 0.0740. The summed E-state index contributed by atoms with van der Waals surface area (Å²) in [5, 5.41) is 7.17. The third-order valence-corrected chi connectivity index (χ3v) is 4.52. The predicted octanol–water partition coefficient (Wildman–Crippen LogP) is 3.49. The number of anilines is 1. The molecule has 1 aliphatic heterocycles. The van der Waals surface area contributed by atoms with Crippen LogP contribution in [0.15, 0.2) is 45.5 Å². The number of amides is 1. The summed E-state index contributed by atoms with van der Waals surface area (Å²) < 4.78 is 10.5. The van der Waals surface area contributed by atoms with Gasteiger partial charge in [-0.2, -0.15) is 4.98 Å². The van der Waals surface area contributed by atoms with Gasteiger partial charge in [0.05, 0.1) is 18.4 Å². The Kier molecular flexibility index (Phi) is 4.43. The summed E-state index contributed by atoms with van der Waals surface area (Å²) >= 11 is 0. The Balaban J connectivity index is 1.51. The number of aryl methyl sites for hydroxylation is 1. The number of rotatable bonds is 5. The maximum atomic E-state index is 12.9. The van der Waals surface area contributed by atoms with Crippen LogP contribution in [-0.2, 0) is 6.54 Å². The number of nitrogens with zero attached hydrogens (tertiary/aromatic N) is 3. The fraction of sp³-hybridized carbons (Fsp3) is 0.316. The Morgan fingerprint density at radius 3 is 2.85 bits per heavy atom. The maximum Gasteiger partial charge on any atom is 0.256 e. The largest absolute Gasteiger partial charge is 0.461 e. The van der Waals surface area contributed by atoms with Crippen LogP contribution in [0.1, 0.15) is 34.7 Å². The molecule has 4 rings (SSSR count). The summed E-state index contributed by atoms with van der Waals surface area (Å²) in [7, 11) is 0. The molecule has 7 heteroatoms. The smallest absolute Gasteiger partial charge is 0.256 e. The van der Waals surface area contributed by atoms with Crippen molar-refractivity contribution in [3.8, 4) is 11.6 Å². The molecule has 0 radical (unpaired) electrons. The SMILES string of the molecule is Cc1cccc(NCc2nc(-c3ccco3)no2)c1C(=O)N1CCCC1. The van der Waals surface area contributed by atoms with Crippen LogP contribution in [0.5, 0.6) is 0 Å². The molecule has 7 nitrogen and oxygen atoms in total. The van der Waals surface area contributed by atoms with Gasteiger partial charge in [-0.25, -0.2) is 0 Å². The van der Waals surface area contributed by atoms with Crippen LogP contribution in [0.4, 0.5) is 5.69 Å². The quantitative estimate of drug-likeness (QED) is 0.757. The van der Waals surface area contributed by atoms with E-state index in [-0.39, 0.29) is 5.91 Å². The van der Waals surface area contributed by atoms with E-state index in [2.05, 4.69) is 15.5 Å². The zero-order chi connectivity index (χ0) is 17.9. The van der Waals surface area contributed by atoms with Crippen LogP contribution >= 0.6 is 0 Å². The summed E-state index contributed by atoms with van der Waals surface area (Å²) in [6.45, 7) is 3.93. The average molecular weight is 352 g/mol. The van der Waals surface area contributed by atoms with E-state index in [0.717, 1.165) is 37.2 Å². The first kappa shape index (κ1) is 16.4. The highest BCUT2D eigenvalue weighted by molar-refractivity contribution is 6.01. The number of carbonyl (C=O) groups excluding carboxylic acids is 1. The number of benzene rings is 1. The molecule has 3 aromatic rings. The second-order valence-corrected chi connectivity index (χ2v) is 6.34. The number of furan rings is 1. The van der Waals surface area contributed by atoms with E-state index < -0.39 is 0 Å². The van der Waals surface area contributed by atoms with Crippen molar-refractivity contribution >= 4 is 11.6 Å². The van der Waals surface area contributed by atoms with Crippen molar-refractivity contribution in [3.63, 3.8) is 0 Å². The third kappa shape index (κ3) is 3.20. The molecule has 1 aliphatic rings. The zero-order valence-electron chi connectivity index (χ0n) is 14.6. The summed E-state index contributed by atoms with van der Waals surface area (Å²) in [4.78, 5) is 19.1. The van der Waals surface area contributed by atoms with Crippen molar-refractivity contribution in [2.75, 3.05) is 18.4 Å². The van der Waals surface area contributed by atoms with Gasteiger partial charge >= 0.3 is 0 Å². The standard InChI is InChI=1S/C19H20N4O3/c1-13-6-4-7-14(17(13)19(24)23-9-2-3-10-23)20-12-16-21-18(22-26-16)15-8-5-11-25-15/h4-8,11,20H,2-3,9-10,12H2,1H3. The molecule has 1 saturated heterocycles. The molecule has 0 spiro atoms. The van der Waals surface area contributed by atoms with Gasteiger partial charge in [-0.15, -0.1) is 0 Å². The molecule has 1 N–H and O–H groups in total. The molecule has 2 aromatic heterocycles. The summed E-state index contributed by atoms with van der Waals surface area (Å²) in [6.07, 6.45) is 3.70. The molecule has 0 unspecified atom stereocenters. The van der Waals surface area contributed by atoms with Gasteiger partial charge in [-0.1, -0.05) is 17.3 Å². The molecular weight excluding hydrogens is 332 g/mol. The fourth-order valence-electron chi connectivity index (χ4n) is 3.18. The lowest BCUT2D eigenvalue weighted by molar-refractivity contribution is 0.0793. The highest BCUT2D eigenvalue weighted by atomic mass is 16.5. The highest BCUT2D eigenvalue weighted by Crippen LogP contribution is 2.24. The average Bonchev–Trinajstić information content (AvgIpc) is 3.41. The third-order valence-electron chi connectivity index (χ3n) is 4.52. The number of aromatic nitrogens is 2. The highest BCUT2D eigenvalue weighted by Gasteiger charge is 2.23. The van der Waals surface area contributed by atoms with Gasteiger partial charge in [-0.05, 0) is 43.5 Å². The van der Waals surface area contributed by atoms with Crippen LogP contribution in [0, 0.1) is 6.92 Å². The van der Waals surface area contributed by atoms with Crippen LogP contribution in [-0.4, -0.2) is 34.0 Å². The lowest BCUT2D eigenvalue weighted by Crippen LogP contribution is -2.29. The molecule has 134 valence electrons. The number of likely N-dealkylation sites (tertiary alicyclic amines) is 1. The van der Waals surface area contributed by atoms with Gasteiger partial charge in [0.2, 0.25) is 11.7 Å². The van der Waals surface area contributed by atoms with Crippen molar-refractivity contribution in [1.29, 1.82) is 0 Å². The summed E-state index contributed by atoms with van der Waals surface area (Å²) in [5.41, 5.74) is 2.44. The molecule has 0 saturated carbocycles. The van der Waals surface area contributed by atoms with Crippen LogP contribution < -0.4 is 5.32 Å². The number of hydrogen-bond donors (Lipinski definition) is 1. The molecule has 3 heterocycles. The Bertz CT molecular complexity index is 895. The first-order chi connectivity index (χ1) is 12.7. The van der Waals surface area contributed by atoms with E-state index in [0.29, 0.717) is 29.6 Å². The lowest BCUT2D eigenvalue weighted by atomic mass is 10.0. The van der Waals surface area contributed by atoms with Crippen molar-refractivity contribution in [3.05, 3.63) is 53.6 Å². The fourth-order valence-corrected chi connectivity index (χ4v) is 3.18. The monoisotopic (exact) mass is 352 g/mol. The van der Waals surface area contributed by atoms with Gasteiger partial charge in [0.15, 0.2) is 5.76 Å². The van der Waals surface area contributed by atoms with E-state index in [9.17, 15) is 4.79 Å². The van der Waals surface area contributed by atoms with Gasteiger partial charge in [0.25, 0.3) is 5.91 Å². The Hall–Kier alpha value is -3.09. The second-order valence-electron chi connectivity index (χ2n) is 6.34. The maximum absolute atomic E-state index is 12.9. The predicted molar refractivity (Wildman–Crippen MR) is 95.6 cm³/mol. The molecule has 1 fully saturated rings. The van der Waals surface area contributed by atoms with Crippen molar-refractivity contribution in [2.45, 2.75) is 26.3 Å². The van der Waals surface area contributed by atoms with Crippen molar-refractivity contribution in [2.24, 2.45) is 0 Å².